The number of likely N-dealkylation sites (tertiary alicyclic amines) is 1. The molecule has 3 rings (SSSR count). The number of amides is 2. The van der Waals surface area contributed by atoms with Crippen LogP contribution in [0.25, 0.3) is 0 Å². The van der Waals surface area contributed by atoms with Crippen LogP contribution < -0.4 is 5.32 Å². The standard InChI is InChI=1S/C17H17BrN2O3/c18-15-9-8-14(23-15)17(22)20-10-4-5-12(11-20)16(21)19-13-6-2-1-3-7-13/h1-3,6-9,12H,4-5,10-11H2,(H,19,21). The van der Waals surface area contributed by atoms with Gasteiger partial charge in [0.25, 0.3) is 5.91 Å². The summed E-state index contributed by atoms with van der Waals surface area (Å²) in [7, 11) is 0. The molecular weight excluding hydrogens is 360 g/mol. The minimum atomic E-state index is -0.202. The SMILES string of the molecule is O=C(Nc1ccccc1)C1CCCN(C(=O)c2ccc(Br)o2)C1. The van der Waals surface area contributed by atoms with Gasteiger partial charge in [-0.15, -0.1) is 0 Å². The molecule has 0 aliphatic carbocycles. The predicted octanol–water partition coefficient (Wildman–Crippen LogP) is 3.53. The van der Waals surface area contributed by atoms with E-state index in [0.717, 1.165) is 18.5 Å². The molecule has 1 unspecified atom stereocenters. The summed E-state index contributed by atoms with van der Waals surface area (Å²) < 4.78 is 5.84. The summed E-state index contributed by atoms with van der Waals surface area (Å²) in [6.45, 7) is 1.06. The molecule has 1 saturated heterocycles. The molecule has 6 heteroatoms. The van der Waals surface area contributed by atoms with Gasteiger partial charge in [-0.3, -0.25) is 9.59 Å². The Kier molecular flexibility index (Phi) is 4.81. The number of carbonyl (C=O) groups is 2. The van der Waals surface area contributed by atoms with Crippen LogP contribution in [0.1, 0.15) is 23.4 Å². The first-order valence-corrected chi connectivity index (χ1v) is 8.33. The molecule has 2 aromatic rings. The second-order valence-corrected chi connectivity index (χ2v) is 6.33. The largest absolute Gasteiger partial charge is 0.444 e. The van der Waals surface area contributed by atoms with Crippen LogP contribution in [0.15, 0.2) is 51.6 Å². The Morgan fingerprint density at radius 1 is 1.17 bits per heavy atom. The fourth-order valence-electron chi connectivity index (χ4n) is 2.73. The molecule has 23 heavy (non-hydrogen) atoms. The number of halogens is 1. The van der Waals surface area contributed by atoms with Crippen molar-refractivity contribution >= 4 is 33.4 Å². The Balaban J connectivity index is 1.63. The highest BCUT2D eigenvalue weighted by atomic mass is 79.9. The van der Waals surface area contributed by atoms with Crippen molar-refractivity contribution in [3.63, 3.8) is 0 Å². The molecule has 0 spiro atoms. The molecule has 0 saturated carbocycles. The van der Waals surface area contributed by atoms with Crippen molar-refractivity contribution in [1.29, 1.82) is 0 Å². The maximum Gasteiger partial charge on any atom is 0.289 e. The summed E-state index contributed by atoms with van der Waals surface area (Å²) >= 11 is 3.20. The first kappa shape index (κ1) is 15.8. The summed E-state index contributed by atoms with van der Waals surface area (Å²) in [5, 5.41) is 2.91. The second kappa shape index (κ2) is 7.00. The van der Waals surface area contributed by atoms with Gasteiger partial charge in [-0.2, -0.15) is 0 Å². The summed E-state index contributed by atoms with van der Waals surface area (Å²) in [5.41, 5.74) is 0.774. The zero-order chi connectivity index (χ0) is 16.2. The number of furan rings is 1. The van der Waals surface area contributed by atoms with Gasteiger partial charge in [-0.05, 0) is 53.0 Å². The molecule has 2 heterocycles. The number of carbonyl (C=O) groups excluding carboxylic acids is 2. The number of hydrogen-bond acceptors (Lipinski definition) is 3. The highest BCUT2D eigenvalue weighted by Crippen LogP contribution is 2.22. The topological polar surface area (TPSA) is 62.6 Å². The molecule has 1 aliphatic rings. The lowest BCUT2D eigenvalue weighted by Crippen LogP contribution is -2.43. The zero-order valence-electron chi connectivity index (χ0n) is 12.5. The normalized spacial score (nSPS) is 17.8. The summed E-state index contributed by atoms with van der Waals surface area (Å²) in [6.07, 6.45) is 1.59. The highest BCUT2D eigenvalue weighted by Gasteiger charge is 2.30. The van der Waals surface area contributed by atoms with Crippen LogP contribution >= 0.6 is 15.9 Å². The van der Waals surface area contributed by atoms with Crippen molar-refractivity contribution in [2.24, 2.45) is 5.92 Å². The Morgan fingerprint density at radius 2 is 1.96 bits per heavy atom. The minimum Gasteiger partial charge on any atom is -0.444 e. The van der Waals surface area contributed by atoms with Crippen molar-refractivity contribution < 1.29 is 14.0 Å². The van der Waals surface area contributed by atoms with E-state index in [1.54, 1.807) is 17.0 Å². The third-order valence-corrected chi connectivity index (χ3v) is 4.33. The Labute approximate surface area is 142 Å². The summed E-state index contributed by atoms with van der Waals surface area (Å²) in [4.78, 5) is 26.5. The van der Waals surface area contributed by atoms with E-state index in [1.165, 1.54) is 0 Å². The summed E-state index contributed by atoms with van der Waals surface area (Å²) in [5.74, 6) is -0.130. The van der Waals surface area contributed by atoms with E-state index >= 15 is 0 Å². The van der Waals surface area contributed by atoms with Crippen molar-refractivity contribution in [1.82, 2.24) is 4.90 Å². The van der Waals surface area contributed by atoms with Gasteiger partial charge in [0.15, 0.2) is 10.4 Å². The molecule has 0 radical (unpaired) electrons. The molecule has 1 aromatic heterocycles. The first-order valence-electron chi connectivity index (χ1n) is 7.54. The van der Waals surface area contributed by atoms with E-state index in [1.807, 2.05) is 30.3 Å². The number of para-hydroxylation sites is 1. The number of hydrogen-bond donors (Lipinski definition) is 1. The van der Waals surface area contributed by atoms with Gasteiger partial charge in [0, 0.05) is 18.8 Å². The number of anilines is 1. The third kappa shape index (κ3) is 3.82. The molecule has 1 aromatic carbocycles. The van der Waals surface area contributed by atoms with Crippen LogP contribution in [0.2, 0.25) is 0 Å². The van der Waals surface area contributed by atoms with Gasteiger partial charge in [0.2, 0.25) is 5.91 Å². The van der Waals surface area contributed by atoms with Crippen LogP contribution in [0, 0.1) is 5.92 Å². The van der Waals surface area contributed by atoms with Crippen molar-refractivity contribution in [2.75, 3.05) is 18.4 Å². The lowest BCUT2D eigenvalue weighted by Gasteiger charge is -2.31. The lowest BCUT2D eigenvalue weighted by molar-refractivity contribution is -0.121. The van der Waals surface area contributed by atoms with E-state index in [0.29, 0.717) is 23.5 Å². The van der Waals surface area contributed by atoms with Gasteiger partial charge in [-0.1, -0.05) is 18.2 Å². The van der Waals surface area contributed by atoms with Crippen molar-refractivity contribution in [3.8, 4) is 0 Å². The second-order valence-electron chi connectivity index (χ2n) is 5.55. The van der Waals surface area contributed by atoms with Gasteiger partial charge < -0.3 is 14.6 Å². The molecule has 1 aliphatic heterocycles. The van der Waals surface area contributed by atoms with Crippen LogP contribution in [0.4, 0.5) is 5.69 Å². The zero-order valence-corrected chi connectivity index (χ0v) is 14.1. The van der Waals surface area contributed by atoms with Crippen LogP contribution in [0.3, 0.4) is 0 Å². The molecule has 1 fully saturated rings. The van der Waals surface area contributed by atoms with Gasteiger partial charge in [0.1, 0.15) is 0 Å². The average Bonchev–Trinajstić information content (AvgIpc) is 3.01. The smallest absolute Gasteiger partial charge is 0.289 e. The number of rotatable bonds is 3. The highest BCUT2D eigenvalue weighted by molar-refractivity contribution is 9.10. The number of benzene rings is 1. The van der Waals surface area contributed by atoms with Crippen molar-refractivity contribution in [2.45, 2.75) is 12.8 Å². The predicted molar refractivity (Wildman–Crippen MR) is 90.1 cm³/mol. The minimum absolute atomic E-state index is 0.0469. The third-order valence-electron chi connectivity index (χ3n) is 3.90. The number of nitrogens with one attached hydrogen (secondary N) is 1. The fraction of sp³-hybridized carbons (Fsp3) is 0.294. The monoisotopic (exact) mass is 376 g/mol. The molecule has 1 atom stereocenters. The lowest BCUT2D eigenvalue weighted by atomic mass is 9.96. The average molecular weight is 377 g/mol. The fourth-order valence-corrected chi connectivity index (χ4v) is 3.03. The van der Waals surface area contributed by atoms with E-state index in [9.17, 15) is 9.59 Å². The quantitative estimate of drug-likeness (QED) is 0.890. The molecular formula is C17H17BrN2O3. The maximum atomic E-state index is 12.4. The molecule has 0 bridgehead atoms. The van der Waals surface area contributed by atoms with Crippen LogP contribution in [0.5, 0.6) is 0 Å². The van der Waals surface area contributed by atoms with E-state index in [4.69, 9.17) is 4.42 Å². The molecule has 1 N–H and O–H groups in total. The molecule has 5 nitrogen and oxygen atoms in total. The van der Waals surface area contributed by atoms with Crippen molar-refractivity contribution in [3.05, 3.63) is 52.9 Å². The Bertz CT molecular complexity index is 699. The van der Waals surface area contributed by atoms with Crippen LogP contribution in [-0.4, -0.2) is 29.8 Å². The van der Waals surface area contributed by atoms with Gasteiger partial charge in [0.05, 0.1) is 5.92 Å². The Hall–Kier alpha value is -2.08. The maximum absolute atomic E-state index is 12.4. The van der Waals surface area contributed by atoms with E-state index in [-0.39, 0.29) is 17.7 Å². The van der Waals surface area contributed by atoms with E-state index in [2.05, 4.69) is 21.2 Å². The number of piperidine rings is 1. The first-order chi connectivity index (χ1) is 11.1. The van der Waals surface area contributed by atoms with Gasteiger partial charge in [-0.25, -0.2) is 0 Å². The van der Waals surface area contributed by atoms with Gasteiger partial charge >= 0.3 is 0 Å². The van der Waals surface area contributed by atoms with Crippen LogP contribution in [-0.2, 0) is 4.79 Å². The van der Waals surface area contributed by atoms with E-state index < -0.39 is 0 Å². The Morgan fingerprint density at radius 3 is 2.65 bits per heavy atom. The molecule has 2 amide bonds. The molecule has 120 valence electrons. The summed E-state index contributed by atoms with van der Waals surface area (Å²) in [6, 6.07) is 12.7. The number of nitrogens with zero attached hydrogens (tertiary/aromatic N) is 1.